The summed E-state index contributed by atoms with van der Waals surface area (Å²) in [6.45, 7) is 4.06. The molecule has 0 radical (unpaired) electrons. The molecule has 1 heterocycles. The summed E-state index contributed by atoms with van der Waals surface area (Å²) in [5, 5.41) is 0. The second-order valence-electron chi connectivity index (χ2n) is 6.23. The van der Waals surface area contributed by atoms with Gasteiger partial charge in [-0.3, -0.25) is 0 Å². The largest absolute Gasteiger partial charge is 0.378 e. The maximum Gasteiger partial charge on any atom is 0.0642 e. The molecule has 2 aliphatic carbocycles. The van der Waals surface area contributed by atoms with Crippen LogP contribution in [-0.2, 0) is 4.74 Å². The lowest BCUT2D eigenvalue weighted by Gasteiger charge is -2.37. The summed E-state index contributed by atoms with van der Waals surface area (Å²) in [7, 11) is 0. The summed E-state index contributed by atoms with van der Waals surface area (Å²) in [4.78, 5) is 2.56. The third-order valence-electron chi connectivity index (χ3n) is 5.16. The van der Waals surface area contributed by atoms with E-state index in [1.807, 2.05) is 0 Å². The minimum absolute atomic E-state index is 0.920. The summed E-state index contributed by atoms with van der Waals surface area (Å²) in [5.74, 6) is 2.04. The van der Waals surface area contributed by atoms with Crippen LogP contribution in [-0.4, -0.2) is 31.2 Å². The highest BCUT2D eigenvalue weighted by molar-refractivity contribution is 5.07. The zero-order valence-electron chi connectivity index (χ0n) is 11.6. The van der Waals surface area contributed by atoms with Crippen LogP contribution in [0.15, 0.2) is 11.8 Å². The lowest BCUT2D eigenvalue weighted by molar-refractivity contribution is 0.0499. The van der Waals surface area contributed by atoms with Crippen LogP contribution in [0.3, 0.4) is 0 Å². The highest BCUT2D eigenvalue weighted by atomic mass is 16.5. The maximum absolute atomic E-state index is 5.44. The van der Waals surface area contributed by atoms with Crippen molar-refractivity contribution in [1.82, 2.24) is 4.90 Å². The molecule has 3 aliphatic rings. The van der Waals surface area contributed by atoms with Crippen LogP contribution in [0.4, 0.5) is 0 Å². The minimum Gasteiger partial charge on any atom is -0.378 e. The highest BCUT2D eigenvalue weighted by Crippen LogP contribution is 2.38. The normalized spacial score (nSPS) is 31.2. The fraction of sp³-hybridized carbons (Fsp3) is 0.875. The third kappa shape index (κ3) is 2.90. The molecule has 1 unspecified atom stereocenters. The molecule has 2 nitrogen and oxygen atoms in total. The average Bonchev–Trinajstić information content (AvgIpc) is 2.49. The third-order valence-corrected chi connectivity index (χ3v) is 5.16. The summed E-state index contributed by atoms with van der Waals surface area (Å²) in [6, 6.07) is 0. The molecule has 1 aliphatic heterocycles. The van der Waals surface area contributed by atoms with E-state index in [0.29, 0.717) is 0 Å². The summed E-state index contributed by atoms with van der Waals surface area (Å²) in [5.41, 5.74) is 1.62. The first-order valence-electron chi connectivity index (χ1n) is 7.95. The van der Waals surface area contributed by atoms with E-state index in [-0.39, 0.29) is 0 Å². The molecule has 1 saturated carbocycles. The Balaban J connectivity index is 1.53. The van der Waals surface area contributed by atoms with Gasteiger partial charge in [0.2, 0.25) is 0 Å². The molecule has 102 valence electrons. The summed E-state index contributed by atoms with van der Waals surface area (Å²) < 4.78 is 5.44. The molecule has 18 heavy (non-hydrogen) atoms. The SMILES string of the molecule is C1=C(N2CCOCC2)CCC(C2CCCCC2)C1. The average molecular weight is 249 g/mol. The number of allylic oxidation sites excluding steroid dienone is 2. The molecule has 1 atom stereocenters. The fourth-order valence-corrected chi connectivity index (χ4v) is 4.01. The van der Waals surface area contributed by atoms with Crippen molar-refractivity contribution in [2.24, 2.45) is 11.8 Å². The lowest BCUT2D eigenvalue weighted by Crippen LogP contribution is -2.36. The Morgan fingerprint density at radius 1 is 0.944 bits per heavy atom. The molecule has 0 amide bonds. The van der Waals surface area contributed by atoms with Gasteiger partial charge in [-0.1, -0.05) is 38.2 Å². The van der Waals surface area contributed by atoms with Crippen LogP contribution < -0.4 is 0 Å². The molecule has 1 saturated heterocycles. The summed E-state index contributed by atoms with van der Waals surface area (Å²) >= 11 is 0. The Bertz CT molecular complexity index is 287. The fourth-order valence-electron chi connectivity index (χ4n) is 4.01. The van der Waals surface area contributed by atoms with Crippen molar-refractivity contribution in [2.45, 2.75) is 51.4 Å². The Kier molecular flexibility index (Phi) is 4.24. The molecule has 3 rings (SSSR count). The first-order chi connectivity index (χ1) is 8.93. The van der Waals surface area contributed by atoms with Crippen molar-refractivity contribution < 1.29 is 4.74 Å². The van der Waals surface area contributed by atoms with Crippen molar-refractivity contribution in [1.29, 1.82) is 0 Å². The van der Waals surface area contributed by atoms with Crippen molar-refractivity contribution in [3.8, 4) is 0 Å². The molecule has 0 spiro atoms. The van der Waals surface area contributed by atoms with E-state index in [9.17, 15) is 0 Å². The van der Waals surface area contributed by atoms with Crippen LogP contribution in [0, 0.1) is 11.8 Å². The topological polar surface area (TPSA) is 12.5 Å². The Morgan fingerprint density at radius 2 is 1.72 bits per heavy atom. The number of nitrogens with zero attached hydrogens (tertiary/aromatic N) is 1. The molecule has 0 N–H and O–H groups in total. The van der Waals surface area contributed by atoms with Gasteiger partial charge < -0.3 is 9.64 Å². The quantitative estimate of drug-likeness (QED) is 0.741. The lowest BCUT2D eigenvalue weighted by atomic mass is 9.74. The van der Waals surface area contributed by atoms with Gasteiger partial charge in [-0.2, -0.15) is 0 Å². The van der Waals surface area contributed by atoms with E-state index in [4.69, 9.17) is 4.74 Å². The van der Waals surface area contributed by atoms with E-state index in [0.717, 1.165) is 38.1 Å². The van der Waals surface area contributed by atoms with E-state index >= 15 is 0 Å². The number of morpholine rings is 1. The predicted octanol–water partition coefficient (Wildman–Crippen LogP) is 3.58. The van der Waals surface area contributed by atoms with Crippen LogP contribution in [0.25, 0.3) is 0 Å². The Morgan fingerprint density at radius 3 is 2.39 bits per heavy atom. The van der Waals surface area contributed by atoms with Crippen molar-refractivity contribution in [2.75, 3.05) is 26.3 Å². The van der Waals surface area contributed by atoms with Gasteiger partial charge in [0.05, 0.1) is 13.2 Å². The van der Waals surface area contributed by atoms with Gasteiger partial charge in [0.15, 0.2) is 0 Å². The van der Waals surface area contributed by atoms with Gasteiger partial charge in [-0.15, -0.1) is 0 Å². The highest BCUT2D eigenvalue weighted by Gasteiger charge is 2.26. The monoisotopic (exact) mass is 249 g/mol. The Labute approximate surface area is 111 Å². The molecular weight excluding hydrogens is 222 g/mol. The van der Waals surface area contributed by atoms with Gasteiger partial charge in [0.1, 0.15) is 0 Å². The van der Waals surface area contributed by atoms with Crippen LogP contribution >= 0.6 is 0 Å². The van der Waals surface area contributed by atoms with Crippen LogP contribution in [0.2, 0.25) is 0 Å². The van der Waals surface area contributed by atoms with Crippen molar-refractivity contribution in [3.05, 3.63) is 11.8 Å². The van der Waals surface area contributed by atoms with Gasteiger partial charge in [0.25, 0.3) is 0 Å². The first kappa shape index (κ1) is 12.5. The first-order valence-corrected chi connectivity index (χ1v) is 7.95. The number of ether oxygens (including phenoxy) is 1. The molecular formula is C16H27NO. The van der Waals surface area contributed by atoms with Gasteiger partial charge >= 0.3 is 0 Å². The molecule has 0 aromatic rings. The smallest absolute Gasteiger partial charge is 0.0642 e. The van der Waals surface area contributed by atoms with Crippen LogP contribution in [0.5, 0.6) is 0 Å². The van der Waals surface area contributed by atoms with E-state index in [2.05, 4.69) is 11.0 Å². The second kappa shape index (κ2) is 6.10. The standard InChI is InChI=1S/C16H27NO/c1-2-4-14(5-3-1)15-6-8-16(9-7-15)17-10-12-18-13-11-17/h8,14-15H,1-7,9-13H2. The van der Waals surface area contributed by atoms with Crippen molar-refractivity contribution >= 4 is 0 Å². The van der Waals surface area contributed by atoms with Gasteiger partial charge in [-0.25, -0.2) is 0 Å². The predicted molar refractivity (Wildman–Crippen MR) is 74.4 cm³/mol. The number of rotatable bonds is 2. The maximum atomic E-state index is 5.44. The summed E-state index contributed by atoms with van der Waals surface area (Å²) in [6.07, 6.45) is 14.1. The molecule has 2 fully saturated rings. The Hall–Kier alpha value is -0.500. The molecule has 0 aromatic carbocycles. The zero-order valence-corrected chi connectivity index (χ0v) is 11.6. The van der Waals surface area contributed by atoms with Crippen molar-refractivity contribution in [3.63, 3.8) is 0 Å². The number of hydrogen-bond donors (Lipinski definition) is 0. The van der Waals surface area contributed by atoms with Gasteiger partial charge in [0, 0.05) is 18.8 Å². The minimum atomic E-state index is 0.920. The zero-order chi connectivity index (χ0) is 12.2. The molecule has 2 heteroatoms. The van der Waals surface area contributed by atoms with E-state index < -0.39 is 0 Å². The van der Waals surface area contributed by atoms with E-state index in [1.54, 1.807) is 5.70 Å². The van der Waals surface area contributed by atoms with Gasteiger partial charge in [-0.05, 0) is 31.1 Å². The number of hydrogen-bond acceptors (Lipinski definition) is 2. The van der Waals surface area contributed by atoms with Crippen LogP contribution in [0.1, 0.15) is 51.4 Å². The molecule has 0 aromatic heterocycles. The second-order valence-corrected chi connectivity index (χ2v) is 6.23. The molecule has 0 bridgehead atoms. The van der Waals surface area contributed by atoms with E-state index in [1.165, 1.54) is 51.4 Å².